The molecular formula is C27H24O4. The smallest absolute Gasteiger partial charge is 0.304 e. The fourth-order valence-corrected chi connectivity index (χ4v) is 4.19. The van der Waals surface area contributed by atoms with Crippen molar-refractivity contribution in [3.05, 3.63) is 83.4 Å². The molecule has 31 heavy (non-hydrogen) atoms. The average molecular weight is 412 g/mol. The highest BCUT2D eigenvalue weighted by Gasteiger charge is 2.26. The maximum Gasteiger partial charge on any atom is 0.304 e. The number of phenols is 1. The van der Waals surface area contributed by atoms with Crippen LogP contribution in [0.1, 0.15) is 48.5 Å². The van der Waals surface area contributed by atoms with Gasteiger partial charge in [-0.3, -0.25) is 4.79 Å². The van der Waals surface area contributed by atoms with Crippen LogP contribution in [0.3, 0.4) is 0 Å². The molecule has 3 aromatic rings. The standard InChI is InChI=1S/C27H24O4/c1-2-4-20(17-27(29)30)18-9-13-22(14-10-18)31-26-16-15-24-23(5-3-6-25(24)26)19-7-11-21(28)12-8-19/h3,5-14,20,26,28H,15-17H2,1H3,(H,29,30)/t20-,26?/m0/s1. The second-order valence-corrected chi connectivity index (χ2v) is 7.68. The predicted molar refractivity (Wildman–Crippen MR) is 120 cm³/mol. The third-order valence-corrected chi connectivity index (χ3v) is 5.65. The number of carboxylic acids is 1. The minimum absolute atomic E-state index is 0.0168. The molecule has 0 radical (unpaired) electrons. The Kier molecular flexibility index (Phi) is 5.95. The number of phenolic OH excluding ortho intramolecular Hbond substituents is 1. The zero-order valence-electron chi connectivity index (χ0n) is 17.3. The van der Waals surface area contributed by atoms with Gasteiger partial charge >= 0.3 is 5.97 Å². The van der Waals surface area contributed by atoms with E-state index in [9.17, 15) is 9.90 Å². The summed E-state index contributed by atoms with van der Waals surface area (Å²) in [4.78, 5) is 11.1. The van der Waals surface area contributed by atoms with Crippen molar-refractivity contribution in [1.29, 1.82) is 0 Å². The Morgan fingerprint density at radius 1 is 1.10 bits per heavy atom. The zero-order valence-corrected chi connectivity index (χ0v) is 17.3. The number of aromatic hydroxyl groups is 1. The fourth-order valence-electron chi connectivity index (χ4n) is 4.19. The fraction of sp³-hybridized carbons (Fsp3) is 0.222. The lowest BCUT2D eigenvalue weighted by Gasteiger charge is -2.17. The second-order valence-electron chi connectivity index (χ2n) is 7.68. The van der Waals surface area contributed by atoms with Crippen molar-refractivity contribution in [2.45, 2.75) is 38.2 Å². The molecular weight excluding hydrogens is 388 g/mol. The first-order chi connectivity index (χ1) is 15.0. The van der Waals surface area contributed by atoms with Crippen molar-refractivity contribution in [1.82, 2.24) is 0 Å². The number of carboxylic acid groups (broad SMARTS) is 1. The van der Waals surface area contributed by atoms with Crippen molar-refractivity contribution < 1.29 is 19.7 Å². The quantitative estimate of drug-likeness (QED) is 0.509. The van der Waals surface area contributed by atoms with Gasteiger partial charge in [0.1, 0.15) is 17.6 Å². The molecule has 1 aliphatic carbocycles. The number of carbonyl (C=O) groups is 1. The first-order valence-electron chi connectivity index (χ1n) is 10.4. The molecule has 0 saturated heterocycles. The molecule has 3 aromatic carbocycles. The number of aliphatic carboxylic acids is 1. The van der Waals surface area contributed by atoms with Crippen LogP contribution in [0.5, 0.6) is 11.5 Å². The van der Waals surface area contributed by atoms with Crippen LogP contribution in [0.4, 0.5) is 0 Å². The largest absolute Gasteiger partial charge is 0.508 e. The van der Waals surface area contributed by atoms with Gasteiger partial charge in [-0.2, -0.15) is 0 Å². The van der Waals surface area contributed by atoms with Gasteiger partial charge < -0.3 is 14.9 Å². The minimum atomic E-state index is -0.861. The summed E-state index contributed by atoms with van der Waals surface area (Å²) in [5.41, 5.74) is 5.62. The molecule has 0 spiro atoms. The minimum Gasteiger partial charge on any atom is -0.508 e. The summed E-state index contributed by atoms with van der Waals surface area (Å²) in [7, 11) is 0. The Bertz CT molecular complexity index is 1130. The van der Waals surface area contributed by atoms with Crippen molar-refractivity contribution in [3.8, 4) is 34.5 Å². The number of ether oxygens (including phenoxy) is 1. The molecule has 0 bridgehead atoms. The van der Waals surface area contributed by atoms with Crippen molar-refractivity contribution in [2.75, 3.05) is 0 Å². The molecule has 0 aromatic heterocycles. The lowest BCUT2D eigenvalue weighted by Crippen LogP contribution is -2.06. The molecule has 1 unspecified atom stereocenters. The second kappa shape index (κ2) is 8.97. The Hall–Kier alpha value is -3.71. The van der Waals surface area contributed by atoms with Gasteiger partial charge in [-0.15, -0.1) is 5.92 Å². The van der Waals surface area contributed by atoms with Crippen LogP contribution in [-0.2, 0) is 11.2 Å². The highest BCUT2D eigenvalue weighted by Crippen LogP contribution is 2.40. The molecule has 4 rings (SSSR count). The summed E-state index contributed by atoms with van der Waals surface area (Å²) in [5.74, 6) is 5.63. The monoisotopic (exact) mass is 412 g/mol. The number of benzene rings is 3. The summed E-state index contributed by atoms with van der Waals surface area (Å²) < 4.78 is 6.30. The number of rotatable bonds is 6. The summed E-state index contributed by atoms with van der Waals surface area (Å²) in [6.45, 7) is 1.72. The molecule has 0 amide bonds. The predicted octanol–water partition coefficient (Wildman–Crippen LogP) is 5.71. The average Bonchev–Trinajstić information content (AvgIpc) is 3.17. The van der Waals surface area contributed by atoms with Crippen LogP contribution in [-0.4, -0.2) is 16.2 Å². The van der Waals surface area contributed by atoms with E-state index in [-0.39, 0.29) is 24.2 Å². The number of hydrogen-bond acceptors (Lipinski definition) is 3. The van der Waals surface area contributed by atoms with Gasteiger partial charge in [-0.05, 0) is 71.8 Å². The van der Waals surface area contributed by atoms with Crippen LogP contribution in [0.25, 0.3) is 11.1 Å². The van der Waals surface area contributed by atoms with E-state index in [2.05, 4.69) is 24.0 Å². The number of hydrogen-bond donors (Lipinski definition) is 2. The normalized spacial score (nSPS) is 15.5. The topological polar surface area (TPSA) is 66.8 Å². The van der Waals surface area contributed by atoms with E-state index in [0.29, 0.717) is 0 Å². The summed E-state index contributed by atoms with van der Waals surface area (Å²) in [6, 6.07) is 21.1. The van der Waals surface area contributed by atoms with Crippen LogP contribution >= 0.6 is 0 Å². The third-order valence-electron chi connectivity index (χ3n) is 5.65. The lowest BCUT2D eigenvalue weighted by atomic mass is 9.96. The van der Waals surface area contributed by atoms with Crippen molar-refractivity contribution in [3.63, 3.8) is 0 Å². The molecule has 1 aliphatic rings. The highest BCUT2D eigenvalue weighted by molar-refractivity contribution is 5.70. The summed E-state index contributed by atoms with van der Waals surface area (Å²) >= 11 is 0. The molecule has 0 saturated carbocycles. The summed E-state index contributed by atoms with van der Waals surface area (Å²) in [6.07, 6.45) is 1.79. The Balaban J connectivity index is 1.53. The molecule has 4 heteroatoms. The molecule has 156 valence electrons. The first kappa shape index (κ1) is 20.6. The van der Waals surface area contributed by atoms with Crippen molar-refractivity contribution >= 4 is 5.97 Å². The van der Waals surface area contributed by atoms with E-state index in [4.69, 9.17) is 9.84 Å². The first-order valence-corrected chi connectivity index (χ1v) is 10.4. The maximum atomic E-state index is 11.1. The van der Waals surface area contributed by atoms with E-state index in [1.807, 2.05) is 42.5 Å². The molecule has 0 aliphatic heterocycles. The highest BCUT2D eigenvalue weighted by atomic mass is 16.5. The van der Waals surface area contributed by atoms with Gasteiger partial charge in [0, 0.05) is 0 Å². The van der Waals surface area contributed by atoms with Crippen LogP contribution in [0.2, 0.25) is 0 Å². The van der Waals surface area contributed by atoms with E-state index in [1.54, 1.807) is 19.1 Å². The van der Waals surface area contributed by atoms with Crippen LogP contribution < -0.4 is 4.74 Å². The van der Waals surface area contributed by atoms with Gasteiger partial charge in [0.25, 0.3) is 0 Å². The summed E-state index contributed by atoms with van der Waals surface area (Å²) in [5, 5.41) is 18.7. The molecule has 4 nitrogen and oxygen atoms in total. The molecule has 0 fully saturated rings. The van der Waals surface area contributed by atoms with Gasteiger partial charge in [0.05, 0.1) is 12.3 Å². The van der Waals surface area contributed by atoms with Crippen LogP contribution in [0.15, 0.2) is 66.7 Å². The van der Waals surface area contributed by atoms with Gasteiger partial charge in [-0.1, -0.05) is 48.4 Å². The Morgan fingerprint density at radius 2 is 1.84 bits per heavy atom. The molecule has 2 N–H and O–H groups in total. The molecule has 2 atom stereocenters. The van der Waals surface area contributed by atoms with E-state index in [1.165, 1.54) is 16.7 Å². The van der Waals surface area contributed by atoms with Gasteiger partial charge in [-0.25, -0.2) is 0 Å². The Morgan fingerprint density at radius 3 is 2.52 bits per heavy atom. The van der Waals surface area contributed by atoms with E-state index < -0.39 is 5.97 Å². The van der Waals surface area contributed by atoms with E-state index >= 15 is 0 Å². The third kappa shape index (κ3) is 4.57. The van der Waals surface area contributed by atoms with Crippen molar-refractivity contribution in [2.24, 2.45) is 0 Å². The van der Waals surface area contributed by atoms with Gasteiger partial charge in [0.15, 0.2) is 0 Å². The van der Waals surface area contributed by atoms with Crippen LogP contribution in [0, 0.1) is 11.8 Å². The zero-order chi connectivity index (χ0) is 21.8. The van der Waals surface area contributed by atoms with Gasteiger partial charge in [0.2, 0.25) is 0 Å². The SMILES string of the molecule is CC#C[C@@H](CC(=O)O)c1ccc(OC2CCc3c(-c4ccc(O)cc4)cccc32)cc1. The maximum absolute atomic E-state index is 11.1. The Labute approximate surface area is 182 Å². The lowest BCUT2D eigenvalue weighted by molar-refractivity contribution is -0.137. The van der Waals surface area contributed by atoms with E-state index in [0.717, 1.165) is 29.7 Å². The molecule has 0 heterocycles. The number of fused-ring (bicyclic) bond motifs is 1.